The van der Waals surface area contributed by atoms with E-state index in [1.165, 1.54) is 0 Å². The zero-order valence-electron chi connectivity index (χ0n) is 8.98. The summed E-state index contributed by atoms with van der Waals surface area (Å²) < 4.78 is 0. The Morgan fingerprint density at radius 3 is 2.14 bits per heavy atom. The van der Waals surface area contributed by atoms with Crippen LogP contribution in [0.2, 0.25) is 0 Å². The van der Waals surface area contributed by atoms with Crippen LogP contribution in [0.3, 0.4) is 0 Å². The van der Waals surface area contributed by atoms with Gasteiger partial charge in [-0.3, -0.25) is 4.90 Å². The highest BCUT2D eigenvalue weighted by Crippen LogP contribution is 2.18. The van der Waals surface area contributed by atoms with Gasteiger partial charge in [0.25, 0.3) is 0 Å². The third-order valence-corrected chi connectivity index (χ3v) is 1.96. The summed E-state index contributed by atoms with van der Waals surface area (Å²) in [6.07, 6.45) is 2.87. The second-order valence-corrected chi connectivity index (χ2v) is 4.18. The van der Waals surface area contributed by atoms with Crippen molar-refractivity contribution in [2.45, 2.75) is 45.4 Å². The predicted molar refractivity (Wildman–Crippen MR) is 53.9 cm³/mol. The van der Waals surface area contributed by atoms with Gasteiger partial charge in [-0.25, -0.2) is 4.79 Å². The van der Waals surface area contributed by atoms with Crippen LogP contribution in [0, 0.1) is 12.3 Å². The van der Waals surface area contributed by atoms with Gasteiger partial charge in [0.05, 0.1) is 6.04 Å². The first kappa shape index (κ1) is 12.8. The third kappa shape index (κ3) is 2.93. The largest absolute Gasteiger partial charge is 0.465 e. The molecule has 1 amide bonds. The van der Waals surface area contributed by atoms with E-state index in [-0.39, 0.29) is 0 Å². The molecular weight excluding hydrogens is 182 g/mol. The van der Waals surface area contributed by atoms with Crippen LogP contribution in [-0.2, 0) is 0 Å². The molecule has 2 atom stereocenters. The molecule has 0 fully saturated rings. The fraction of sp³-hybridized carbons (Fsp3) is 0.700. The van der Waals surface area contributed by atoms with Gasteiger partial charge in [0.1, 0.15) is 6.10 Å². The van der Waals surface area contributed by atoms with Crippen LogP contribution in [0.1, 0.15) is 27.7 Å². The van der Waals surface area contributed by atoms with Gasteiger partial charge in [-0.1, -0.05) is 5.92 Å². The van der Waals surface area contributed by atoms with E-state index in [9.17, 15) is 9.90 Å². The Morgan fingerprint density at radius 2 is 1.93 bits per heavy atom. The smallest absolute Gasteiger partial charge is 0.408 e. The molecule has 2 N–H and O–H groups in total. The van der Waals surface area contributed by atoms with E-state index in [1.54, 1.807) is 27.7 Å². The maximum absolute atomic E-state index is 11.0. The lowest BCUT2D eigenvalue weighted by Crippen LogP contribution is -2.53. The molecular formula is C10H17NO3. The highest BCUT2D eigenvalue weighted by molar-refractivity contribution is 5.66. The van der Waals surface area contributed by atoms with E-state index in [0.717, 1.165) is 4.90 Å². The van der Waals surface area contributed by atoms with Gasteiger partial charge >= 0.3 is 6.09 Å². The monoisotopic (exact) mass is 199 g/mol. The molecule has 0 aliphatic rings. The number of aliphatic hydroxyl groups excluding tert-OH is 1. The summed E-state index contributed by atoms with van der Waals surface area (Å²) in [6.45, 7) is 6.84. The number of hydrogen-bond acceptors (Lipinski definition) is 2. The second-order valence-electron chi connectivity index (χ2n) is 4.18. The molecule has 0 unspecified atom stereocenters. The first-order chi connectivity index (χ1) is 6.21. The molecule has 0 heterocycles. The molecule has 80 valence electrons. The summed E-state index contributed by atoms with van der Waals surface area (Å²) in [4.78, 5) is 12.1. The minimum Gasteiger partial charge on any atom is -0.465 e. The first-order valence-electron chi connectivity index (χ1n) is 4.38. The van der Waals surface area contributed by atoms with Crippen molar-refractivity contribution in [2.75, 3.05) is 0 Å². The summed E-state index contributed by atoms with van der Waals surface area (Å²) >= 11 is 0. The lowest BCUT2D eigenvalue weighted by atomic mass is 10.0. The van der Waals surface area contributed by atoms with Gasteiger partial charge in [-0.15, -0.1) is 6.42 Å². The predicted octanol–water partition coefficient (Wildman–Crippen LogP) is 1.15. The van der Waals surface area contributed by atoms with Crippen molar-refractivity contribution < 1.29 is 15.0 Å². The molecule has 0 aromatic rings. The first-order valence-corrected chi connectivity index (χ1v) is 4.38. The van der Waals surface area contributed by atoms with Gasteiger partial charge in [0, 0.05) is 5.54 Å². The lowest BCUT2D eigenvalue weighted by molar-refractivity contribution is 0.0348. The average Bonchev–Trinajstić information content (AvgIpc) is 1.99. The topological polar surface area (TPSA) is 60.8 Å². The van der Waals surface area contributed by atoms with E-state index >= 15 is 0 Å². The second kappa shape index (κ2) is 4.34. The van der Waals surface area contributed by atoms with E-state index in [1.807, 2.05) is 0 Å². The molecule has 0 aliphatic carbocycles. The minimum atomic E-state index is -1.08. The van der Waals surface area contributed by atoms with Crippen molar-refractivity contribution in [1.29, 1.82) is 0 Å². The van der Waals surface area contributed by atoms with E-state index < -0.39 is 23.8 Å². The van der Waals surface area contributed by atoms with Crippen molar-refractivity contribution in [1.82, 2.24) is 4.90 Å². The molecule has 0 saturated carbocycles. The third-order valence-electron chi connectivity index (χ3n) is 1.96. The van der Waals surface area contributed by atoms with Crippen molar-refractivity contribution in [3.05, 3.63) is 0 Å². The summed E-state index contributed by atoms with van der Waals surface area (Å²) in [7, 11) is 0. The SMILES string of the molecule is C#C[C@H](O)[C@H](C)N(C(=O)O)C(C)(C)C. The summed E-state index contributed by atoms with van der Waals surface area (Å²) in [5.41, 5.74) is -0.580. The highest BCUT2D eigenvalue weighted by atomic mass is 16.4. The van der Waals surface area contributed by atoms with Crippen LogP contribution in [0.25, 0.3) is 0 Å². The molecule has 0 rings (SSSR count). The Labute approximate surface area is 84.5 Å². The average molecular weight is 199 g/mol. The Bertz CT molecular complexity index is 249. The van der Waals surface area contributed by atoms with Crippen molar-refractivity contribution in [3.8, 4) is 12.3 Å². The molecule has 14 heavy (non-hydrogen) atoms. The van der Waals surface area contributed by atoms with Gasteiger partial charge in [0.15, 0.2) is 0 Å². The van der Waals surface area contributed by atoms with Gasteiger partial charge < -0.3 is 10.2 Å². The maximum atomic E-state index is 11.0. The number of aliphatic hydroxyl groups is 1. The standard InChI is InChI=1S/C10H17NO3/c1-6-8(12)7(2)11(9(13)14)10(3,4)5/h1,7-8,12H,2-5H3,(H,13,14)/t7-,8-/m0/s1. The van der Waals surface area contributed by atoms with E-state index in [0.29, 0.717) is 0 Å². The van der Waals surface area contributed by atoms with E-state index in [4.69, 9.17) is 11.5 Å². The number of nitrogens with zero attached hydrogens (tertiary/aromatic N) is 1. The lowest BCUT2D eigenvalue weighted by Gasteiger charge is -2.38. The molecule has 0 bridgehead atoms. The molecule has 0 radical (unpaired) electrons. The fourth-order valence-corrected chi connectivity index (χ4v) is 1.35. The number of carboxylic acid groups (broad SMARTS) is 1. The number of hydrogen-bond donors (Lipinski definition) is 2. The normalized spacial score (nSPS) is 15.4. The zero-order valence-corrected chi connectivity index (χ0v) is 8.98. The zero-order chi connectivity index (χ0) is 11.5. The van der Waals surface area contributed by atoms with Crippen LogP contribution < -0.4 is 0 Å². The number of terminal acetylenes is 1. The summed E-state index contributed by atoms with van der Waals surface area (Å²) in [6, 6.07) is -0.613. The highest BCUT2D eigenvalue weighted by Gasteiger charge is 2.33. The maximum Gasteiger partial charge on any atom is 0.408 e. The molecule has 0 aromatic heterocycles. The van der Waals surface area contributed by atoms with Crippen LogP contribution in [0.5, 0.6) is 0 Å². The van der Waals surface area contributed by atoms with Crippen LogP contribution >= 0.6 is 0 Å². The van der Waals surface area contributed by atoms with Crippen molar-refractivity contribution in [2.24, 2.45) is 0 Å². The molecule has 0 aromatic carbocycles. The Morgan fingerprint density at radius 1 is 1.50 bits per heavy atom. The summed E-state index contributed by atoms with van der Waals surface area (Å²) in [5.74, 6) is 2.12. The fourth-order valence-electron chi connectivity index (χ4n) is 1.35. The molecule has 0 saturated heterocycles. The van der Waals surface area contributed by atoms with Crippen molar-refractivity contribution >= 4 is 6.09 Å². The molecule has 0 spiro atoms. The Hall–Kier alpha value is -1.21. The van der Waals surface area contributed by atoms with Crippen molar-refractivity contribution in [3.63, 3.8) is 0 Å². The van der Waals surface area contributed by atoms with Crippen LogP contribution in [-0.4, -0.2) is 38.9 Å². The summed E-state index contributed by atoms with van der Waals surface area (Å²) in [5, 5.41) is 18.3. The molecule has 0 aliphatic heterocycles. The van der Waals surface area contributed by atoms with Crippen LogP contribution in [0.15, 0.2) is 0 Å². The van der Waals surface area contributed by atoms with Crippen LogP contribution in [0.4, 0.5) is 4.79 Å². The van der Waals surface area contributed by atoms with Gasteiger partial charge in [0.2, 0.25) is 0 Å². The van der Waals surface area contributed by atoms with Gasteiger partial charge in [-0.05, 0) is 27.7 Å². The van der Waals surface area contributed by atoms with Gasteiger partial charge in [-0.2, -0.15) is 0 Å². The Balaban J connectivity index is 4.87. The Kier molecular flexibility index (Phi) is 3.96. The molecule has 4 heteroatoms. The minimum absolute atomic E-state index is 0.580. The number of carbonyl (C=O) groups is 1. The number of amides is 1. The quantitative estimate of drug-likeness (QED) is 0.656. The number of rotatable bonds is 2. The molecule has 4 nitrogen and oxygen atoms in total. The van der Waals surface area contributed by atoms with E-state index in [2.05, 4.69) is 5.92 Å².